The molecule has 0 radical (unpaired) electrons. The van der Waals surface area contributed by atoms with Gasteiger partial charge in [0.25, 0.3) is 0 Å². The van der Waals surface area contributed by atoms with Gasteiger partial charge in [-0.1, -0.05) is 155 Å². The number of aliphatic hydroxyl groups is 5. The third-order valence-electron chi connectivity index (χ3n) is 9.73. The summed E-state index contributed by atoms with van der Waals surface area (Å²) in [6.45, 7) is 4.24. The fraction of sp³-hybridized carbons (Fsp3) is 0.974. The second kappa shape index (κ2) is 30.6. The number of phosphoric acid groups is 1. The van der Waals surface area contributed by atoms with E-state index in [-0.39, 0.29) is 13.0 Å². The maximum absolute atomic E-state index is 12.7. The van der Waals surface area contributed by atoms with E-state index in [1.165, 1.54) is 109 Å². The van der Waals surface area contributed by atoms with Gasteiger partial charge in [0.15, 0.2) is 0 Å². The fourth-order valence-electron chi connectivity index (χ4n) is 6.41. The molecule has 51 heavy (non-hydrogen) atoms. The van der Waals surface area contributed by atoms with E-state index in [0.29, 0.717) is 13.0 Å². The SMILES string of the molecule is CCCCCCCCCCCCCCCCCC(=O)OC(COCCCCCCCCCCC)COP(=O)(O)OC1C(O)C(O)C(O)C(O)C1O. The highest BCUT2D eigenvalue weighted by Crippen LogP contribution is 2.47. The zero-order valence-electron chi connectivity index (χ0n) is 31.9. The molecule has 6 unspecified atom stereocenters. The van der Waals surface area contributed by atoms with E-state index in [4.69, 9.17) is 18.5 Å². The van der Waals surface area contributed by atoms with Gasteiger partial charge in [0, 0.05) is 13.0 Å². The Labute approximate surface area is 308 Å². The number of phosphoric ester groups is 1. The van der Waals surface area contributed by atoms with Crippen LogP contribution < -0.4 is 0 Å². The first kappa shape index (κ1) is 48.4. The molecule has 6 N–H and O–H groups in total. The van der Waals surface area contributed by atoms with Crippen molar-refractivity contribution in [2.24, 2.45) is 0 Å². The van der Waals surface area contributed by atoms with Crippen LogP contribution in [0.1, 0.15) is 174 Å². The van der Waals surface area contributed by atoms with Crippen molar-refractivity contribution in [3.05, 3.63) is 0 Å². The lowest BCUT2D eigenvalue weighted by atomic mass is 9.85. The van der Waals surface area contributed by atoms with Crippen LogP contribution in [0.4, 0.5) is 0 Å². The summed E-state index contributed by atoms with van der Waals surface area (Å²) in [6.07, 6.45) is 16.2. The van der Waals surface area contributed by atoms with Gasteiger partial charge in [0.05, 0.1) is 13.2 Å². The molecular formula is C38H75O12P. The van der Waals surface area contributed by atoms with Gasteiger partial charge < -0.3 is 39.9 Å². The number of unbranched alkanes of at least 4 members (excludes halogenated alkanes) is 22. The van der Waals surface area contributed by atoms with E-state index in [9.17, 15) is 39.8 Å². The summed E-state index contributed by atoms with van der Waals surface area (Å²) < 4.78 is 34.0. The molecule has 0 amide bonds. The first-order valence-electron chi connectivity index (χ1n) is 20.4. The van der Waals surface area contributed by atoms with Gasteiger partial charge in [0.2, 0.25) is 0 Å². The van der Waals surface area contributed by atoms with Crippen molar-refractivity contribution in [3.63, 3.8) is 0 Å². The number of aliphatic hydroxyl groups excluding tert-OH is 5. The molecule has 0 aromatic carbocycles. The molecule has 0 bridgehead atoms. The molecule has 6 atom stereocenters. The van der Waals surface area contributed by atoms with E-state index in [1.54, 1.807) is 0 Å². The minimum absolute atomic E-state index is 0.0695. The predicted octanol–water partition coefficient (Wildman–Crippen LogP) is 7.03. The Balaban J connectivity index is 2.42. The molecule has 0 aromatic heterocycles. The maximum atomic E-state index is 12.7. The molecule has 0 aliphatic heterocycles. The van der Waals surface area contributed by atoms with E-state index >= 15 is 0 Å². The van der Waals surface area contributed by atoms with Gasteiger partial charge in [-0.2, -0.15) is 0 Å². The smallest absolute Gasteiger partial charge is 0.457 e. The highest BCUT2D eigenvalue weighted by atomic mass is 31.2. The summed E-state index contributed by atoms with van der Waals surface area (Å²) in [5, 5.41) is 49.9. The quantitative estimate of drug-likeness (QED) is 0.0224. The van der Waals surface area contributed by atoms with Crippen LogP contribution in [-0.4, -0.2) is 98.9 Å². The number of esters is 1. The van der Waals surface area contributed by atoms with Crippen LogP contribution >= 0.6 is 7.82 Å². The summed E-state index contributed by atoms with van der Waals surface area (Å²) in [6, 6.07) is 0. The Kier molecular flexibility index (Phi) is 29.1. The normalized spacial score (nSPS) is 24.0. The summed E-state index contributed by atoms with van der Waals surface area (Å²) in [4.78, 5) is 23.0. The molecule has 1 fully saturated rings. The molecule has 1 saturated carbocycles. The van der Waals surface area contributed by atoms with Gasteiger partial charge in [-0.25, -0.2) is 4.57 Å². The van der Waals surface area contributed by atoms with Gasteiger partial charge in [0.1, 0.15) is 42.7 Å². The molecule has 0 spiro atoms. The third kappa shape index (κ3) is 23.7. The Morgan fingerprint density at radius 2 is 0.922 bits per heavy atom. The average Bonchev–Trinajstić information content (AvgIpc) is 3.11. The van der Waals surface area contributed by atoms with Crippen LogP contribution in [0.3, 0.4) is 0 Å². The van der Waals surface area contributed by atoms with Crippen LogP contribution in [0.15, 0.2) is 0 Å². The minimum Gasteiger partial charge on any atom is -0.457 e. The van der Waals surface area contributed by atoms with E-state index in [0.717, 1.165) is 38.5 Å². The zero-order valence-corrected chi connectivity index (χ0v) is 32.8. The monoisotopic (exact) mass is 754 g/mol. The summed E-state index contributed by atoms with van der Waals surface area (Å²) in [7, 11) is -5.00. The molecular weight excluding hydrogens is 679 g/mol. The van der Waals surface area contributed by atoms with Gasteiger partial charge >= 0.3 is 13.8 Å². The molecule has 1 rings (SSSR count). The number of carbonyl (C=O) groups excluding carboxylic acids is 1. The Hall–Kier alpha value is -0.660. The molecule has 1 aliphatic rings. The van der Waals surface area contributed by atoms with E-state index in [1.807, 2.05) is 0 Å². The molecule has 13 heteroatoms. The lowest BCUT2D eigenvalue weighted by molar-refractivity contribution is -0.220. The first-order chi connectivity index (χ1) is 24.5. The highest BCUT2D eigenvalue weighted by molar-refractivity contribution is 7.47. The molecule has 304 valence electrons. The fourth-order valence-corrected chi connectivity index (χ4v) is 7.39. The minimum atomic E-state index is -5.00. The van der Waals surface area contributed by atoms with Crippen molar-refractivity contribution in [1.82, 2.24) is 0 Å². The van der Waals surface area contributed by atoms with Crippen molar-refractivity contribution in [2.75, 3.05) is 19.8 Å². The standard InChI is InChI=1S/C38H75O12P/c1-3-5-7-9-11-13-14-15-16-17-18-19-21-23-25-27-32(39)49-31(29-47-28-26-24-22-20-12-10-8-6-4-2)30-48-51(45,46)50-38-36(43)34(41)33(40)35(42)37(38)44/h31,33-38,40-44H,3-30H2,1-2H3,(H,45,46). The largest absolute Gasteiger partial charge is 0.472 e. The number of carbonyl (C=O) groups is 1. The van der Waals surface area contributed by atoms with Crippen LogP contribution in [0.2, 0.25) is 0 Å². The molecule has 1 aliphatic carbocycles. The Morgan fingerprint density at radius 1 is 0.549 bits per heavy atom. The Morgan fingerprint density at radius 3 is 1.35 bits per heavy atom. The van der Waals surface area contributed by atoms with Crippen molar-refractivity contribution in [3.8, 4) is 0 Å². The third-order valence-corrected chi connectivity index (χ3v) is 10.7. The number of hydrogen-bond donors (Lipinski definition) is 6. The molecule has 0 aromatic rings. The zero-order chi connectivity index (χ0) is 37.7. The average molecular weight is 755 g/mol. The predicted molar refractivity (Wildman–Crippen MR) is 198 cm³/mol. The maximum Gasteiger partial charge on any atom is 0.472 e. The molecule has 0 saturated heterocycles. The van der Waals surface area contributed by atoms with Gasteiger partial charge in [-0.05, 0) is 12.8 Å². The summed E-state index contributed by atoms with van der Waals surface area (Å²) >= 11 is 0. The van der Waals surface area contributed by atoms with Gasteiger partial charge in [-0.15, -0.1) is 0 Å². The van der Waals surface area contributed by atoms with Crippen molar-refractivity contribution >= 4 is 13.8 Å². The first-order valence-corrected chi connectivity index (χ1v) is 21.9. The second-order valence-corrected chi connectivity index (χ2v) is 15.9. The molecule has 0 heterocycles. The van der Waals surface area contributed by atoms with Crippen molar-refractivity contribution in [2.45, 2.75) is 217 Å². The molecule has 12 nitrogen and oxygen atoms in total. The van der Waals surface area contributed by atoms with Crippen LogP contribution in [0.5, 0.6) is 0 Å². The summed E-state index contributed by atoms with van der Waals surface area (Å²) in [5.74, 6) is -0.475. The highest BCUT2D eigenvalue weighted by Gasteiger charge is 2.51. The van der Waals surface area contributed by atoms with E-state index < -0.39 is 63.1 Å². The second-order valence-electron chi connectivity index (χ2n) is 14.5. The summed E-state index contributed by atoms with van der Waals surface area (Å²) in [5.41, 5.74) is 0. The van der Waals surface area contributed by atoms with E-state index in [2.05, 4.69) is 13.8 Å². The Bertz CT molecular complexity index is 864. The van der Waals surface area contributed by atoms with Crippen LogP contribution in [0, 0.1) is 0 Å². The lowest BCUT2D eigenvalue weighted by Crippen LogP contribution is -2.64. The van der Waals surface area contributed by atoms with Crippen LogP contribution in [0.25, 0.3) is 0 Å². The number of ether oxygens (including phenoxy) is 2. The van der Waals surface area contributed by atoms with Crippen molar-refractivity contribution in [1.29, 1.82) is 0 Å². The lowest BCUT2D eigenvalue weighted by Gasteiger charge is -2.41. The van der Waals surface area contributed by atoms with Crippen LogP contribution in [-0.2, 0) is 27.9 Å². The van der Waals surface area contributed by atoms with Crippen molar-refractivity contribution < 1.29 is 58.3 Å². The number of rotatable bonds is 34. The van der Waals surface area contributed by atoms with Gasteiger partial charge in [-0.3, -0.25) is 13.8 Å². The number of hydrogen-bond acceptors (Lipinski definition) is 11. The topological polar surface area (TPSA) is 192 Å².